The van der Waals surface area contributed by atoms with Gasteiger partial charge in [0.05, 0.1) is 5.97 Å². The maximum atomic E-state index is 9.53. The maximum absolute atomic E-state index is 9.53. The molecule has 0 aliphatic heterocycles. The molecule has 0 saturated carbocycles. The molecule has 1 radical (unpaired) electrons. The molecule has 0 spiro atoms. The second kappa shape index (κ2) is 11.9. The first-order valence-electron chi connectivity index (χ1n) is 2.45. The zero-order valence-electron chi connectivity index (χ0n) is 5.84. The minimum atomic E-state index is -1.51. The zero-order valence-corrected chi connectivity index (χ0v) is 6.78. The summed E-state index contributed by atoms with van der Waals surface area (Å²) in [5.74, 6) is -2.80. The van der Waals surface area contributed by atoms with Gasteiger partial charge in [0.1, 0.15) is 0 Å². The number of hydrogen-bond acceptors (Lipinski definition) is 3. The molecule has 0 aromatic carbocycles. The summed E-state index contributed by atoms with van der Waals surface area (Å²) in [6.45, 7) is 5.00. The zero-order chi connectivity index (χ0) is 8.57. The van der Waals surface area contributed by atoms with Crippen molar-refractivity contribution in [3.63, 3.8) is 0 Å². The quantitative estimate of drug-likeness (QED) is 0.366. The van der Waals surface area contributed by atoms with Crippen LogP contribution in [0.15, 0.2) is 12.2 Å². The third-order valence-electron chi connectivity index (χ3n) is 0.362. The van der Waals surface area contributed by atoms with E-state index in [0.717, 1.165) is 0 Å². The largest absolute Gasteiger partial charge is 2.00 e. The van der Waals surface area contributed by atoms with Gasteiger partial charge in [-0.05, 0) is 6.08 Å². The second-order valence-electron chi connectivity index (χ2n) is 0.991. The normalized spacial score (nSPS) is 7.45. The predicted molar refractivity (Wildman–Crippen MR) is 32.8 cm³/mol. The summed E-state index contributed by atoms with van der Waals surface area (Å²) in [6, 6.07) is 0. The molecule has 0 aromatic rings. The van der Waals surface area contributed by atoms with Gasteiger partial charge in [-0.1, -0.05) is 0 Å². The third-order valence-corrected chi connectivity index (χ3v) is 0.362. The van der Waals surface area contributed by atoms with Gasteiger partial charge in [-0.15, -0.1) is 0 Å². The summed E-state index contributed by atoms with van der Waals surface area (Å²) < 4.78 is 0. The van der Waals surface area contributed by atoms with Crippen molar-refractivity contribution in [2.75, 3.05) is 0 Å². The fourth-order valence-electron chi connectivity index (χ4n) is 0.139. The topological polar surface area (TPSA) is 77.4 Å². The Bertz CT molecular complexity index is 126. The van der Waals surface area contributed by atoms with E-state index in [4.69, 9.17) is 5.11 Å². The predicted octanol–water partition coefficient (Wildman–Crippen LogP) is -0.785. The average molecular weight is 208 g/mol. The number of carboxylic acid groups (broad SMARTS) is 2. The fraction of sp³-hybridized carbons (Fsp3) is 0.167. The Kier molecular flexibility index (Phi) is 18.1. The van der Waals surface area contributed by atoms with Gasteiger partial charge in [-0.3, -0.25) is 0 Å². The molecule has 0 heterocycles. The Morgan fingerprint density at radius 1 is 1.36 bits per heavy atom. The van der Waals surface area contributed by atoms with Crippen molar-refractivity contribution in [3.8, 4) is 0 Å². The Labute approximate surface area is 75.4 Å². The monoisotopic (exact) mass is 207 g/mol. The van der Waals surface area contributed by atoms with Crippen LogP contribution < -0.4 is 5.11 Å². The molecule has 0 bridgehead atoms. The molecular weight excluding hydrogens is 200 g/mol. The van der Waals surface area contributed by atoms with E-state index in [9.17, 15) is 14.7 Å². The van der Waals surface area contributed by atoms with Crippen molar-refractivity contribution < 1.29 is 36.9 Å². The standard InChI is InChI=1S/C4H4O4.C2H5.Cu/c5-3(6)1-2-4(7)8;1-2;/h1-2H,(H,5,6)(H,7,8);1H2,2H3;/q;-1;+2/p-1/b2-1+;;. The summed E-state index contributed by atoms with van der Waals surface area (Å²) in [4.78, 5) is 19.0. The molecule has 0 rings (SSSR count). The Hall–Kier alpha value is -0.801. The van der Waals surface area contributed by atoms with E-state index in [0.29, 0.717) is 12.2 Å². The molecule has 0 fully saturated rings. The van der Waals surface area contributed by atoms with Gasteiger partial charge < -0.3 is 21.9 Å². The van der Waals surface area contributed by atoms with Crippen molar-refractivity contribution in [3.05, 3.63) is 19.1 Å². The van der Waals surface area contributed by atoms with Gasteiger partial charge in [-0.25, -0.2) is 4.79 Å². The summed E-state index contributed by atoms with van der Waals surface area (Å²) in [5.41, 5.74) is 0. The molecule has 0 unspecified atom stereocenters. The third kappa shape index (κ3) is 27.0. The molecule has 4 nitrogen and oxygen atoms in total. The van der Waals surface area contributed by atoms with E-state index in [-0.39, 0.29) is 17.1 Å². The van der Waals surface area contributed by atoms with E-state index >= 15 is 0 Å². The van der Waals surface area contributed by atoms with Crippen LogP contribution in [0.4, 0.5) is 0 Å². The van der Waals surface area contributed by atoms with Crippen LogP contribution >= 0.6 is 0 Å². The molecule has 0 aliphatic carbocycles. The van der Waals surface area contributed by atoms with Crippen LogP contribution in [0.1, 0.15) is 6.92 Å². The second-order valence-corrected chi connectivity index (χ2v) is 0.991. The molecule has 0 aromatic heterocycles. The van der Waals surface area contributed by atoms with Crippen LogP contribution in [0.25, 0.3) is 0 Å². The Balaban J connectivity index is -0.000000196. The van der Waals surface area contributed by atoms with Crippen LogP contribution in [-0.4, -0.2) is 17.0 Å². The molecular formula is C6H8CuO4. The summed E-state index contributed by atoms with van der Waals surface area (Å²) in [5, 5.41) is 17.2. The number of carbonyl (C=O) groups is 2. The van der Waals surface area contributed by atoms with E-state index in [2.05, 4.69) is 6.92 Å². The molecule has 67 valence electrons. The molecule has 1 N–H and O–H groups in total. The summed E-state index contributed by atoms with van der Waals surface area (Å²) in [7, 11) is 0. The first kappa shape index (κ1) is 16.7. The van der Waals surface area contributed by atoms with Crippen molar-refractivity contribution in [1.82, 2.24) is 0 Å². The van der Waals surface area contributed by atoms with Gasteiger partial charge in [0.15, 0.2) is 0 Å². The van der Waals surface area contributed by atoms with E-state index in [1.165, 1.54) is 0 Å². The fourth-order valence-corrected chi connectivity index (χ4v) is 0.139. The smallest absolute Gasteiger partial charge is 0.545 e. The molecule has 0 aliphatic rings. The van der Waals surface area contributed by atoms with Crippen LogP contribution in [-0.2, 0) is 26.7 Å². The van der Waals surface area contributed by atoms with Crippen LogP contribution in [0.2, 0.25) is 0 Å². The Morgan fingerprint density at radius 2 is 1.73 bits per heavy atom. The van der Waals surface area contributed by atoms with Crippen molar-refractivity contribution >= 4 is 11.9 Å². The minimum Gasteiger partial charge on any atom is -0.545 e. The number of aliphatic carboxylic acids is 2. The number of rotatable bonds is 2. The van der Waals surface area contributed by atoms with Crippen LogP contribution in [0.5, 0.6) is 0 Å². The average Bonchev–Trinajstić information content (AvgIpc) is 1.89. The maximum Gasteiger partial charge on any atom is 2.00 e. The summed E-state index contributed by atoms with van der Waals surface area (Å²) >= 11 is 0. The van der Waals surface area contributed by atoms with E-state index in [1.807, 2.05) is 0 Å². The van der Waals surface area contributed by atoms with Gasteiger partial charge in [0.2, 0.25) is 0 Å². The SMILES string of the molecule is O=C([O-])/C=C/C(=O)O.[CH2-]C.[Cu+2]. The molecule has 0 amide bonds. The Morgan fingerprint density at radius 3 is 1.82 bits per heavy atom. The summed E-state index contributed by atoms with van der Waals surface area (Å²) in [6.07, 6.45) is 0.942. The van der Waals surface area contributed by atoms with Crippen molar-refractivity contribution in [2.45, 2.75) is 6.92 Å². The molecule has 0 atom stereocenters. The van der Waals surface area contributed by atoms with Crippen LogP contribution in [0, 0.1) is 6.92 Å². The number of carboxylic acids is 2. The number of hydrogen-bond donors (Lipinski definition) is 1. The van der Waals surface area contributed by atoms with E-state index in [1.54, 1.807) is 6.92 Å². The first-order chi connectivity index (χ1) is 4.63. The first-order valence-corrected chi connectivity index (χ1v) is 2.45. The van der Waals surface area contributed by atoms with Gasteiger partial charge in [-0.2, -0.15) is 6.92 Å². The molecule has 5 heteroatoms. The van der Waals surface area contributed by atoms with Gasteiger partial charge in [0.25, 0.3) is 0 Å². The molecule has 11 heavy (non-hydrogen) atoms. The van der Waals surface area contributed by atoms with Gasteiger partial charge >= 0.3 is 23.0 Å². The molecule has 0 saturated heterocycles. The van der Waals surface area contributed by atoms with Crippen molar-refractivity contribution in [2.24, 2.45) is 0 Å². The van der Waals surface area contributed by atoms with Crippen LogP contribution in [0.3, 0.4) is 0 Å². The number of carbonyl (C=O) groups excluding carboxylic acids is 1. The van der Waals surface area contributed by atoms with Gasteiger partial charge in [0, 0.05) is 6.08 Å². The minimum absolute atomic E-state index is 0. The van der Waals surface area contributed by atoms with Crippen molar-refractivity contribution in [1.29, 1.82) is 0 Å². The van der Waals surface area contributed by atoms with E-state index < -0.39 is 11.9 Å².